The third-order valence-corrected chi connectivity index (χ3v) is 3.01. The van der Waals surface area contributed by atoms with E-state index in [0.29, 0.717) is 0 Å². The first-order chi connectivity index (χ1) is 9.11. The highest BCUT2D eigenvalue weighted by Crippen LogP contribution is 2.24. The Hall–Kier alpha value is -1.81. The number of carbonyl (C=O) groups is 1. The Morgan fingerprint density at radius 1 is 1.26 bits per heavy atom. The maximum atomic E-state index is 11.7. The van der Waals surface area contributed by atoms with Gasteiger partial charge in [-0.3, -0.25) is 4.79 Å². The Kier molecular flexibility index (Phi) is 2.82. The summed E-state index contributed by atoms with van der Waals surface area (Å²) in [5.41, 5.74) is 0.0375. The summed E-state index contributed by atoms with van der Waals surface area (Å²) in [7, 11) is 0. The van der Waals surface area contributed by atoms with Crippen LogP contribution in [0.3, 0.4) is 0 Å². The summed E-state index contributed by atoms with van der Waals surface area (Å²) < 4.78 is 5.24. The average molecular weight is 266 g/mol. The molecule has 19 heavy (non-hydrogen) atoms. The maximum Gasteiger partial charge on any atom is 0.301 e. The average Bonchev–Trinajstić information content (AvgIpc) is 2.96. The van der Waals surface area contributed by atoms with Crippen LogP contribution < -0.4 is 0 Å². The Labute approximate surface area is 106 Å². The van der Waals surface area contributed by atoms with Gasteiger partial charge in [0, 0.05) is 0 Å². The molecule has 100 valence electrons. The fraction of sp³-hybridized carbons (Fsp3) is 0.500. The van der Waals surface area contributed by atoms with Crippen molar-refractivity contribution in [2.24, 2.45) is 20.0 Å². The topological polar surface area (TPSA) is 136 Å². The first-order valence-corrected chi connectivity index (χ1v) is 5.56. The summed E-state index contributed by atoms with van der Waals surface area (Å²) in [6, 6.07) is 0. The van der Waals surface area contributed by atoms with Crippen molar-refractivity contribution in [3.05, 3.63) is 0 Å². The summed E-state index contributed by atoms with van der Waals surface area (Å²) in [6.45, 7) is -0.461. The third kappa shape index (κ3) is 1.83. The van der Waals surface area contributed by atoms with Gasteiger partial charge in [0.15, 0.2) is 17.4 Å². The van der Waals surface area contributed by atoms with Crippen LogP contribution in [0.4, 0.5) is 0 Å². The minimum Gasteiger partial charge on any atom is -0.394 e. The predicted molar refractivity (Wildman–Crippen MR) is 63.6 cm³/mol. The molecule has 1 saturated heterocycles. The number of amidine groups is 2. The van der Waals surface area contributed by atoms with Crippen molar-refractivity contribution in [1.29, 1.82) is 0 Å². The molecule has 3 N–H and O–H groups in total. The van der Waals surface area contributed by atoms with Gasteiger partial charge < -0.3 is 20.1 Å². The molecule has 3 aliphatic rings. The van der Waals surface area contributed by atoms with E-state index in [9.17, 15) is 15.0 Å². The number of aliphatic hydroxyl groups excluding tert-OH is 3. The second-order valence-electron chi connectivity index (χ2n) is 4.19. The lowest BCUT2D eigenvalue weighted by molar-refractivity contribution is -0.111. The first-order valence-electron chi connectivity index (χ1n) is 5.56. The molecule has 0 saturated carbocycles. The fourth-order valence-electron chi connectivity index (χ4n) is 2.02. The molecule has 3 rings (SSSR count). The minimum absolute atomic E-state index is 0.0375. The van der Waals surface area contributed by atoms with Crippen molar-refractivity contribution in [3.63, 3.8) is 0 Å². The molecule has 0 aromatic rings. The van der Waals surface area contributed by atoms with Crippen LogP contribution in [-0.2, 0) is 9.53 Å². The maximum absolute atomic E-state index is 11.7. The number of amides is 1. The van der Waals surface area contributed by atoms with E-state index < -0.39 is 36.9 Å². The highest BCUT2D eigenvalue weighted by molar-refractivity contribution is 6.71. The number of hydrogen-bond donors (Lipinski definition) is 3. The summed E-state index contributed by atoms with van der Waals surface area (Å²) in [5, 5.41) is 28.4. The van der Waals surface area contributed by atoms with E-state index in [4.69, 9.17) is 9.84 Å². The number of nitrogens with zero attached hydrogens (tertiary/aromatic N) is 4. The molecule has 1 amide bonds. The minimum atomic E-state index is -1.32. The lowest BCUT2D eigenvalue weighted by Crippen LogP contribution is -2.39. The second kappa shape index (κ2) is 4.38. The third-order valence-electron chi connectivity index (χ3n) is 3.01. The number of rotatable bonds is 2. The predicted octanol–water partition coefficient (Wildman–Crippen LogP) is -2.71. The van der Waals surface area contributed by atoms with Crippen LogP contribution in [0.25, 0.3) is 0 Å². The van der Waals surface area contributed by atoms with Gasteiger partial charge in [0.05, 0.1) is 6.61 Å². The smallest absolute Gasteiger partial charge is 0.301 e. The molecule has 9 nitrogen and oxygen atoms in total. The Bertz CT molecular complexity index is 552. The molecule has 0 aliphatic carbocycles. The number of hydrogen-bond acceptors (Lipinski definition) is 8. The van der Waals surface area contributed by atoms with Crippen molar-refractivity contribution in [2.75, 3.05) is 6.61 Å². The molecule has 0 spiro atoms. The molecule has 0 aromatic heterocycles. The summed E-state index contributed by atoms with van der Waals surface area (Å²) in [4.78, 5) is 26.8. The molecule has 0 bridgehead atoms. The van der Waals surface area contributed by atoms with Crippen LogP contribution >= 0.6 is 0 Å². The van der Waals surface area contributed by atoms with Gasteiger partial charge in [0.1, 0.15) is 30.8 Å². The molecule has 4 atom stereocenters. The fourth-order valence-corrected chi connectivity index (χ4v) is 2.02. The molecule has 9 heteroatoms. The van der Waals surface area contributed by atoms with E-state index >= 15 is 0 Å². The van der Waals surface area contributed by atoms with Crippen LogP contribution in [0.1, 0.15) is 0 Å². The van der Waals surface area contributed by atoms with E-state index in [2.05, 4.69) is 20.0 Å². The molecular formula is C10H10N4O5. The van der Waals surface area contributed by atoms with Crippen molar-refractivity contribution in [3.8, 4) is 0 Å². The van der Waals surface area contributed by atoms with Crippen LogP contribution in [0.15, 0.2) is 20.0 Å². The van der Waals surface area contributed by atoms with Crippen molar-refractivity contribution >= 4 is 29.6 Å². The SMILES string of the molecule is O=C1N=C(C2O[C@H](CO)[C@@H](O)[C@H]2O)N=C2N=CN=C12. The highest BCUT2D eigenvalue weighted by atomic mass is 16.6. The summed E-state index contributed by atoms with van der Waals surface area (Å²) in [5.74, 6) is -0.608. The lowest BCUT2D eigenvalue weighted by atomic mass is 10.1. The zero-order valence-corrected chi connectivity index (χ0v) is 9.54. The van der Waals surface area contributed by atoms with Gasteiger partial charge in [-0.25, -0.2) is 15.0 Å². The summed E-state index contributed by atoms with van der Waals surface area (Å²) >= 11 is 0. The number of carbonyl (C=O) groups excluding carboxylic acids is 1. The van der Waals surface area contributed by atoms with Crippen molar-refractivity contribution in [1.82, 2.24) is 0 Å². The number of aliphatic hydroxyl groups is 3. The lowest BCUT2D eigenvalue weighted by Gasteiger charge is -2.16. The quantitative estimate of drug-likeness (QED) is 0.499. The monoisotopic (exact) mass is 266 g/mol. The Balaban J connectivity index is 1.90. The number of fused-ring (bicyclic) bond motifs is 1. The van der Waals surface area contributed by atoms with Gasteiger partial charge in [-0.05, 0) is 0 Å². The molecule has 0 aromatic carbocycles. The van der Waals surface area contributed by atoms with Gasteiger partial charge in [-0.15, -0.1) is 0 Å². The zero-order chi connectivity index (χ0) is 13.6. The molecule has 3 aliphatic heterocycles. The second-order valence-corrected chi connectivity index (χ2v) is 4.19. The standard InChI is InChI=1S/C10H10N4O5/c15-1-3-5(16)6(17)7(19-3)9-13-8-4(10(18)14-9)11-2-12-8/h2-3,5-7,15-17H,1H2/t3-,5-,6-,7?/m1/s1. The Morgan fingerprint density at radius 2 is 2.05 bits per heavy atom. The van der Waals surface area contributed by atoms with Crippen molar-refractivity contribution in [2.45, 2.75) is 24.4 Å². The first kappa shape index (κ1) is 12.2. The molecular weight excluding hydrogens is 256 g/mol. The van der Waals surface area contributed by atoms with Crippen LogP contribution in [0, 0.1) is 0 Å². The molecule has 1 unspecified atom stereocenters. The van der Waals surface area contributed by atoms with Crippen LogP contribution in [0.2, 0.25) is 0 Å². The van der Waals surface area contributed by atoms with Gasteiger partial charge in [-0.2, -0.15) is 4.99 Å². The summed E-state index contributed by atoms with van der Waals surface area (Å²) in [6.07, 6.45) is -3.44. The van der Waals surface area contributed by atoms with E-state index in [0.717, 1.165) is 0 Å². The van der Waals surface area contributed by atoms with Crippen LogP contribution in [-0.4, -0.2) is 76.0 Å². The highest BCUT2D eigenvalue weighted by Gasteiger charge is 2.46. The van der Waals surface area contributed by atoms with Gasteiger partial charge >= 0.3 is 5.91 Å². The van der Waals surface area contributed by atoms with E-state index in [1.54, 1.807) is 0 Å². The zero-order valence-electron chi connectivity index (χ0n) is 9.54. The molecule has 3 heterocycles. The number of ether oxygens (including phenoxy) is 1. The number of aliphatic imine (C=N–C) groups is 4. The van der Waals surface area contributed by atoms with E-state index in [1.165, 1.54) is 6.34 Å². The Morgan fingerprint density at radius 3 is 2.74 bits per heavy atom. The normalized spacial score (nSPS) is 37.0. The van der Waals surface area contributed by atoms with Gasteiger partial charge in [0.2, 0.25) is 0 Å². The van der Waals surface area contributed by atoms with Gasteiger partial charge in [0.25, 0.3) is 0 Å². The molecule has 1 fully saturated rings. The van der Waals surface area contributed by atoms with Crippen LogP contribution in [0.5, 0.6) is 0 Å². The van der Waals surface area contributed by atoms with E-state index in [-0.39, 0.29) is 17.4 Å². The molecule has 0 radical (unpaired) electrons. The van der Waals surface area contributed by atoms with Gasteiger partial charge in [-0.1, -0.05) is 0 Å². The largest absolute Gasteiger partial charge is 0.394 e. The van der Waals surface area contributed by atoms with E-state index in [1.807, 2.05) is 0 Å². The van der Waals surface area contributed by atoms with Crippen molar-refractivity contribution < 1.29 is 24.9 Å².